The Bertz CT molecular complexity index is 543. The van der Waals surface area contributed by atoms with E-state index in [1.54, 1.807) is 13.0 Å². The molecule has 2 atom stereocenters. The average Bonchev–Trinajstić information content (AvgIpc) is 2.73. The maximum atomic E-state index is 12.0. The minimum atomic E-state index is -0.963. The number of allylic oxidation sites excluding steroid dienone is 1. The van der Waals surface area contributed by atoms with Gasteiger partial charge in [0.1, 0.15) is 6.61 Å². The predicted molar refractivity (Wildman–Crippen MR) is 116 cm³/mol. The highest BCUT2D eigenvalue weighted by atomic mass is 16.6. The van der Waals surface area contributed by atoms with Crippen LogP contribution in [-0.2, 0) is 38.1 Å². The average molecular weight is 463 g/mol. The van der Waals surface area contributed by atoms with E-state index in [0.29, 0.717) is 52.8 Å². The lowest BCUT2D eigenvalue weighted by Crippen LogP contribution is -2.46. The van der Waals surface area contributed by atoms with E-state index >= 15 is 0 Å². The Hall–Kier alpha value is -2.05. The van der Waals surface area contributed by atoms with E-state index in [2.05, 4.69) is 10.6 Å². The van der Waals surface area contributed by atoms with Gasteiger partial charge in [-0.25, -0.2) is 0 Å². The first-order valence-corrected chi connectivity index (χ1v) is 10.7. The molecule has 0 fully saturated rings. The quantitative estimate of drug-likeness (QED) is 0.125. The van der Waals surface area contributed by atoms with Crippen LogP contribution in [0.4, 0.5) is 0 Å². The molecule has 3 N–H and O–H groups in total. The van der Waals surface area contributed by atoms with Crippen molar-refractivity contribution in [1.29, 1.82) is 0 Å². The topological polar surface area (TPSA) is 142 Å². The SMILES string of the molecule is C/C=C/[C@@H](O)[C@H](COC(C)=O)NC(=O)CCOCCOCCOCCOCCNC(C)=O. The van der Waals surface area contributed by atoms with Gasteiger partial charge in [0.25, 0.3) is 0 Å². The predicted octanol–water partition coefficient (Wildman–Crippen LogP) is -0.436. The molecule has 32 heavy (non-hydrogen) atoms. The second-order valence-corrected chi connectivity index (χ2v) is 6.68. The molecule has 0 aromatic carbocycles. The molecule has 0 rings (SSSR count). The lowest BCUT2D eigenvalue weighted by molar-refractivity contribution is -0.143. The monoisotopic (exact) mass is 462 g/mol. The number of carbonyl (C=O) groups excluding carboxylic acids is 3. The minimum absolute atomic E-state index is 0.0842. The number of hydrogen-bond acceptors (Lipinski definition) is 9. The highest BCUT2D eigenvalue weighted by Crippen LogP contribution is 1.99. The Morgan fingerprint density at radius 3 is 1.91 bits per heavy atom. The molecule has 0 aliphatic carbocycles. The van der Waals surface area contributed by atoms with E-state index in [1.807, 2.05) is 0 Å². The zero-order chi connectivity index (χ0) is 24.0. The van der Waals surface area contributed by atoms with Crippen LogP contribution in [0.2, 0.25) is 0 Å². The second-order valence-electron chi connectivity index (χ2n) is 6.68. The van der Waals surface area contributed by atoms with E-state index in [4.69, 9.17) is 23.7 Å². The third-order valence-electron chi connectivity index (χ3n) is 3.82. The molecule has 2 amide bonds. The van der Waals surface area contributed by atoms with Crippen molar-refractivity contribution in [3.8, 4) is 0 Å². The van der Waals surface area contributed by atoms with E-state index in [0.717, 1.165) is 0 Å². The summed E-state index contributed by atoms with van der Waals surface area (Å²) in [6.45, 7) is 7.87. The molecule has 11 nitrogen and oxygen atoms in total. The standard InChI is InChI=1S/C21H38N2O9/c1-4-5-20(26)19(16-32-18(3)25)23-21(27)6-8-28-10-12-30-14-15-31-13-11-29-9-7-22-17(2)24/h4-5,19-20,26H,6-16H2,1-3H3,(H,22,24)(H,23,27)/b5-4+/t19-,20+/m0/s1. The van der Waals surface area contributed by atoms with E-state index in [-0.39, 0.29) is 31.4 Å². The summed E-state index contributed by atoms with van der Waals surface area (Å²) in [5.74, 6) is -0.893. The van der Waals surface area contributed by atoms with Crippen molar-refractivity contribution in [1.82, 2.24) is 10.6 Å². The fourth-order valence-corrected chi connectivity index (χ4v) is 2.27. The summed E-state index contributed by atoms with van der Waals surface area (Å²) in [5, 5.41) is 15.3. The first-order valence-electron chi connectivity index (χ1n) is 10.7. The summed E-state index contributed by atoms with van der Waals surface area (Å²) < 4.78 is 26.2. The zero-order valence-corrected chi connectivity index (χ0v) is 19.3. The number of amides is 2. The van der Waals surface area contributed by atoms with Gasteiger partial charge >= 0.3 is 5.97 Å². The van der Waals surface area contributed by atoms with Gasteiger partial charge in [-0.3, -0.25) is 14.4 Å². The maximum absolute atomic E-state index is 12.0. The van der Waals surface area contributed by atoms with Gasteiger partial charge in [0.15, 0.2) is 0 Å². The van der Waals surface area contributed by atoms with Gasteiger partial charge in [0, 0.05) is 26.8 Å². The molecule has 0 unspecified atom stereocenters. The maximum Gasteiger partial charge on any atom is 0.302 e. The van der Waals surface area contributed by atoms with Crippen LogP contribution in [0.15, 0.2) is 12.2 Å². The lowest BCUT2D eigenvalue weighted by atomic mass is 10.1. The number of ether oxygens (including phenoxy) is 5. The van der Waals surface area contributed by atoms with E-state index < -0.39 is 18.1 Å². The van der Waals surface area contributed by atoms with Gasteiger partial charge in [0.05, 0.1) is 65.0 Å². The Kier molecular flexibility index (Phi) is 19.5. The third-order valence-corrected chi connectivity index (χ3v) is 3.82. The summed E-state index contributed by atoms with van der Waals surface area (Å²) >= 11 is 0. The molecule has 186 valence electrons. The summed E-state index contributed by atoms with van der Waals surface area (Å²) in [7, 11) is 0. The summed E-state index contributed by atoms with van der Waals surface area (Å²) in [4.78, 5) is 33.6. The van der Waals surface area contributed by atoms with Crippen molar-refractivity contribution < 1.29 is 43.2 Å². The first kappa shape index (κ1) is 29.9. The molecule has 0 saturated carbocycles. The van der Waals surface area contributed by atoms with Crippen molar-refractivity contribution in [2.45, 2.75) is 39.3 Å². The molecule has 0 aromatic heterocycles. The molecule has 0 saturated heterocycles. The largest absolute Gasteiger partial charge is 0.464 e. The van der Waals surface area contributed by atoms with Crippen LogP contribution >= 0.6 is 0 Å². The second kappa shape index (κ2) is 20.8. The molecule has 0 aliphatic rings. The van der Waals surface area contributed by atoms with Crippen molar-refractivity contribution in [3.63, 3.8) is 0 Å². The van der Waals surface area contributed by atoms with Crippen LogP contribution in [0, 0.1) is 0 Å². The van der Waals surface area contributed by atoms with Gasteiger partial charge < -0.3 is 39.4 Å². The van der Waals surface area contributed by atoms with Crippen LogP contribution in [0.25, 0.3) is 0 Å². The number of hydrogen-bond donors (Lipinski definition) is 3. The number of esters is 1. The van der Waals surface area contributed by atoms with Gasteiger partial charge in [-0.1, -0.05) is 12.2 Å². The Labute approximate surface area is 189 Å². The fourth-order valence-electron chi connectivity index (χ4n) is 2.27. The van der Waals surface area contributed by atoms with Gasteiger partial charge in [-0.05, 0) is 6.92 Å². The third kappa shape index (κ3) is 19.9. The minimum Gasteiger partial charge on any atom is -0.464 e. The van der Waals surface area contributed by atoms with Gasteiger partial charge in [-0.15, -0.1) is 0 Å². The number of aliphatic hydroxyl groups excluding tert-OH is 1. The molecule has 0 aromatic rings. The van der Waals surface area contributed by atoms with Gasteiger partial charge in [-0.2, -0.15) is 0 Å². The summed E-state index contributed by atoms with van der Waals surface area (Å²) in [6, 6.07) is -0.728. The lowest BCUT2D eigenvalue weighted by Gasteiger charge is -2.21. The first-order chi connectivity index (χ1) is 15.4. The molecule has 0 aliphatic heterocycles. The molecular weight excluding hydrogens is 424 g/mol. The van der Waals surface area contributed by atoms with Crippen LogP contribution in [0.3, 0.4) is 0 Å². The molecule has 0 spiro atoms. The van der Waals surface area contributed by atoms with Crippen LogP contribution in [-0.4, -0.2) is 101 Å². The number of nitrogens with one attached hydrogen (secondary N) is 2. The smallest absolute Gasteiger partial charge is 0.302 e. The number of carbonyl (C=O) groups is 3. The Morgan fingerprint density at radius 1 is 0.875 bits per heavy atom. The van der Waals surface area contributed by atoms with E-state index in [1.165, 1.54) is 19.9 Å². The van der Waals surface area contributed by atoms with E-state index in [9.17, 15) is 19.5 Å². The zero-order valence-electron chi connectivity index (χ0n) is 19.3. The molecule has 11 heteroatoms. The fraction of sp³-hybridized carbons (Fsp3) is 0.762. The van der Waals surface area contributed by atoms with Crippen molar-refractivity contribution in [2.24, 2.45) is 0 Å². The summed E-state index contributed by atoms with van der Waals surface area (Å²) in [6.07, 6.45) is 2.29. The van der Waals surface area contributed by atoms with Crippen molar-refractivity contribution in [2.75, 3.05) is 66.0 Å². The number of aliphatic hydroxyl groups is 1. The van der Waals surface area contributed by atoms with Crippen LogP contribution in [0.1, 0.15) is 27.2 Å². The van der Waals surface area contributed by atoms with Gasteiger partial charge in [0.2, 0.25) is 11.8 Å². The molecule has 0 bridgehead atoms. The molecular formula is C21H38N2O9. The molecule has 0 radical (unpaired) electrons. The van der Waals surface area contributed by atoms with Crippen LogP contribution < -0.4 is 10.6 Å². The highest BCUT2D eigenvalue weighted by Gasteiger charge is 2.20. The van der Waals surface area contributed by atoms with Crippen molar-refractivity contribution in [3.05, 3.63) is 12.2 Å². The Balaban J connectivity index is 3.63. The highest BCUT2D eigenvalue weighted by molar-refractivity contribution is 5.76. The normalized spacial score (nSPS) is 13.0. The molecule has 0 heterocycles. The van der Waals surface area contributed by atoms with Crippen molar-refractivity contribution >= 4 is 17.8 Å². The van der Waals surface area contributed by atoms with Crippen LogP contribution in [0.5, 0.6) is 0 Å². The summed E-state index contributed by atoms with van der Waals surface area (Å²) in [5.41, 5.74) is 0. The number of rotatable bonds is 20. The Morgan fingerprint density at radius 2 is 1.41 bits per heavy atom.